The van der Waals surface area contributed by atoms with E-state index >= 15 is 0 Å². The quantitative estimate of drug-likeness (QED) is 0.846. The molecule has 2 aliphatic rings. The summed E-state index contributed by atoms with van der Waals surface area (Å²) >= 11 is 0. The Morgan fingerprint density at radius 1 is 1.15 bits per heavy atom. The van der Waals surface area contributed by atoms with Crippen molar-refractivity contribution in [2.24, 2.45) is 0 Å². The van der Waals surface area contributed by atoms with Gasteiger partial charge in [-0.3, -0.25) is 4.79 Å². The maximum atomic E-state index is 12.3. The molecule has 0 radical (unpaired) electrons. The summed E-state index contributed by atoms with van der Waals surface area (Å²) in [6, 6.07) is 0. The normalized spacial score (nSPS) is 18.4. The minimum atomic E-state index is -0.0604. The molecule has 0 bridgehead atoms. The van der Waals surface area contributed by atoms with Crippen LogP contribution < -0.4 is 10.2 Å². The van der Waals surface area contributed by atoms with Gasteiger partial charge in [-0.2, -0.15) is 0 Å². The molecule has 0 aliphatic carbocycles. The van der Waals surface area contributed by atoms with Gasteiger partial charge in [0.05, 0.1) is 0 Å². The highest BCUT2D eigenvalue weighted by atomic mass is 16.1. The number of likely N-dealkylation sites (tertiary alicyclic amines) is 1. The van der Waals surface area contributed by atoms with Crippen molar-refractivity contribution in [3.05, 3.63) is 17.1 Å². The molecule has 3 rings (SSSR count). The standard InChI is InChI=1S/C20H33N5O/c1-15(2)18-22-17-16(9-10-21-20(17)26)19(23-18)24(3)11-8-14-25-12-6-4-5-7-13-25/h15H,4-14H2,1-3H3,(H,21,26). The first-order chi connectivity index (χ1) is 12.6. The molecule has 0 unspecified atom stereocenters. The van der Waals surface area contributed by atoms with Crippen molar-refractivity contribution in [2.45, 2.75) is 58.3 Å². The Kier molecular flexibility index (Phi) is 6.46. The van der Waals surface area contributed by atoms with E-state index in [0.717, 1.165) is 43.1 Å². The summed E-state index contributed by atoms with van der Waals surface area (Å²) in [5, 5.41) is 2.91. The van der Waals surface area contributed by atoms with Crippen molar-refractivity contribution < 1.29 is 4.79 Å². The van der Waals surface area contributed by atoms with Crippen molar-refractivity contribution >= 4 is 11.7 Å². The minimum Gasteiger partial charge on any atom is -0.359 e. The highest BCUT2D eigenvalue weighted by molar-refractivity contribution is 5.96. The van der Waals surface area contributed by atoms with Gasteiger partial charge in [0.2, 0.25) is 0 Å². The lowest BCUT2D eigenvalue weighted by atomic mass is 10.0. The van der Waals surface area contributed by atoms with Crippen LogP contribution in [0.5, 0.6) is 0 Å². The smallest absolute Gasteiger partial charge is 0.270 e. The van der Waals surface area contributed by atoms with Crippen LogP contribution >= 0.6 is 0 Å². The van der Waals surface area contributed by atoms with Crippen molar-refractivity contribution in [3.63, 3.8) is 0 Å². The number of fused-ring (bicyclic) bond motifs is 1. The third kappa shape index (κ3) is 4.53. The van der Waals surface area contributed by atoms with Gasteiger partial charge in [0.25, 0.3) is 5.91 Å². The first kappa shape index (κ1) is 19.1. The first-order valence-electron chi connectivity index (χ1n) is 10.2. The van der Waals surface area contributed by atoms with Gasteiger partial charge < -0.3 is 15.1 Å². The van der Waals surface area contributed by atoms with Gasteiger partial charge in [-0.15, -0.1) is 0 Å². The second-order valence-electron chi connectivity index (χ2n) is 7.92. The summed E-state index contributed by atoms with van der Waals surface area (Å²) in [6.45, 7) is 9.41. The summed E-state index contributed by atoms with van der Waals surface area (Å²) in [5.41, 5.74) is 1.58. The molecule has 6 heteroatoms. The molecule has 1 fully saturated rings. The number of hydrogen-bond acceptors (Lipinski definition) is 5. The number of amides is 1. The zero-order valence-electron chi connectivity index (χ0n) is 16.6. The second-order valence-corrected chi connectivity index (χ2v) is 7.92. The predicted octanol–water partition coefficient (Wildman–Crippen LogP) is 2.59. The van der Waals surface area contributed by atoms with E-state index in [1.807, 2.05) is 0 Å². The van der Waals surface area contributed by atoms with Crippen LogP contribution in [0.4, 0.5) is 5.82 Å². The van der Waals surface area contributed by atoms with Crippen molar-refractivity contribution in [2.75, 3.05) is 44.7 Å². The number of nitrogens with zero attached hydrogens (tertiary/aromatic N) is 4. The maximum absolute atomic E-state index is 12.3. The predicted molar refractivity (Wildman–Crippen MR) is 105 cm³/mol. The molecule has 6 nitrogen and oxygen atoms in total. The van der Waals surface area contributed by atoms with E-state index < -0.39 is 0 Å². The van der Waals surface area contributed by atoms with Gasteiger partial charge >= 0.3 is 0 Å². The summed E-state index contributed by atoms with van der Waals surface area (Å²) in [6.07, 6.45) is 7.36. The van der Waals surface area contributed by atoms with Crippen LogP contribution in [0.25, 0.3) is 0 Å². The zero-order valence-corrected chi connectivity index (χ0v) is 16.6. The lowest BCUT2D eigenvalue weighted by Gasteiger charge is -2.27. The Bertz CT molecular complexity index is 623. The number of rotatable bonds is 6. The monoisotopic (exact) mass is 359 g/mol. The first-order valence-corrected chi connectivity index (χ1v) is 10.2. The van der Waals surface area contributed by atoms with Crippen molar-refractivity contribution in [1.29, 1.82) is 0 Å². The molecule has 26 heavy (non-hydrogen) atoms. The van der Waals surface area contributed by atoms with E-state index in [-0.39, 0.29) is 11.8 Å². The molecule has 1 aromatic heterocycles. The fourth-order valence-electron chi connectivity index (χ4n) is 3.86. The van der Waals surface area contributed by atoms with E-state index in [1.165, 1.54) is 38.8 Å². The topological polar surface area (TPSA) is 61.4 Å². The van der Waals surface area contributed by atoms with E-state index in [2.05, 4.69) is 41.0 Å². The molecule has 1 saturated heterocycles. The lowest BCUT2D eigenvalue weighted by Crippen LogP contribution is -2.36. The Morgan fingerprint density at radius 3 is 2.58 bits per heavy atom. The number of aromatic nitrogens is 2. The Hall–Kier alpha value is -1.69. The molecular formula is C20H33N5O. The number of carbonyl (C=O) groups is 1. The Labute approximate surface area is 157 Å². The van der Waals surface area contributed by atoms with Gasteiger partial charge in [-0.1, -0.05) is 26.7 Å². The van der Waals surface area contributed by atoms with Crippen molar-refractivity contribution in [1.82, 2.24) is 20.2 Å². The van der Waals surface area contributed by atoms with Crippen LogP contribution in [-0.2, 0) is 6.42 Å². The molecule has 0 atom stereocenters. The molecule has 0 saturated carbocycles. The van der Waals surface area contributed by atoms with Crippen LogP contribution in [0.1, 0.15) is 73.7 Å². The largest absolute Gasteiger partial charge is 0.359 e. The summed E-state index contributed by atoms with van der Waals surface area (Å²) in [5.74, 6) is 1.86. The van der Waals surface area contributed by atoms with E-state index in [1.54, 1.807) is 0 Å². The van der Waals surface area contributed by atoms with Crippen molar-refractivity contribution in [3.8, 4) is 0 Å². The summed E-state index contributed by atoms with van der Waals surface area (Å²) in [4.78, 5) is 26.5. The molecule has 2 aliphatic heterocycles. The molecule has 144 valence electrons. The van der Waals surface area contributed by atoms with Gasteiger partial charge in [0, 0.05) is 31.6 Å². The average molecular weight is 360 g/mol. The molecule has 1 amide bonds. The Balaban J connectivity index is 1.69. The number of carbonyl (C=O) groups excluding carboxylic acids is 1. The highest BCUT2D eigenvalue weighted by Gasteiger charge is 2.25. The van der Waals surface area contributed by atoms with Gasteiger partial charge in [-0.25, -0.2) is 9.97 Å². The number of hydrogen-bond donors (Lipinski definition) is 1. The third-order valence-corrected chi connectivity index (χ3v) is 5.42. The summed E-state index contributed by atoms with van der Waals surface area (Å²) in [7, 11) is 2.10. The Morgan fingerprint density at radius 2 is 1.88 bits per heavy atom. The van der Waals surface area contributed by atoms with Crippen LogP contribution in [0, 0.1) is 0 Å². The third-order valence-electron chi connectivity index (χ3n) is 5.42. The van der Waals surface area contributed by atoms with Crippen LogP contribution in [0.2, 0.25) is 0 Å². The van der Waals surface area contributed by atoms with Crippen LogP contribution in [-0.4, -0.2) is 60.5 Å². The SMILES string of the molecule is CC(C)c1nc2c(c(N(C)CCCN3CCCCCC3)n1)CCNC2=O. The van der Waals surface area contributed by atoms with E-state index in [9.17, 15) is 4.79 Å². The maximum Gasteiger partial charge on any atom is 0.270 e. The molecule has 0 spiro atoms. The fourth-order valence-corrected chi connectivity index (χ4v) is 3.86. The molecule has 3 heterocycles. The van der Waals surface area contributed by atoms with Crippen LogP contribution in [0.15, 0.2) is 0 Å². The van der Waals surface area contributed by atoms with Gasteiger partial charge in [-0.05, 0) is 45.3 Å². The minimum absolute atomic E-state index is 0.0604. The molecule has 0 aromatic carbocycles. The number of nitrogens with one attached hydrogen (secondary N) is 1. The molecule has 1 aromatic rings. The van der Waals surface area contributed by atoms with Gasteiger partial charge in [0.15, 0.2) is 0 Å². The van der Waals surface area contributed by atoms with E-state index in [0.29, 0.717) is 12.2 Å². The molecule has 1 N–H and O–H groups in total. The van der Waals surface area contributed by atoms with E-state index in [4.69, 9.17) is 4.98 Å². The summed E-state index contributed by atoms with van der Waals surface area (Å²) < 4.78 is 0. The molecular weight excluding hydrogens is 326 g/mol. The van der Waals surface area contributed by atoms with Gasteiger partial charge in [0.1, 0.15) is 17.3 Å². The fraction of sp³-hybridized carbons (Fsp3) is 0.750. The highest BCUT2D eigenvalue weighted by Crippen LogP contribution is 2.25. The zero-order chi connectivity index (χ0) is 18.5. The number of anilines is 1. The second kappa shape index (κ2) is 8.80. The lowest BCUT2D eigenvalue weighted by molar-refractivity contribution is 0.0940. The average Bonchev–Trinajstić information content (AvgIpc) is 2.90. The van der Waals surface area contributed by atoms with Crippen LogP contribution in [0.3, 0.4) is 0 Å².